The van der Waals surface area contributed by atoms with E-state index in [9.17, 15) is 9.59 Å². The molecule has 5 heteroatoms. The Kier molecular flexibility index (Phi) is 21.6. The van der Waals surface area contributed by atoms with Gasteiger partial charge in [0.1, 0.15) is 0 Å². The molecular weight excluding hydrogens is 303 g/mol. The Morgan fingerprint density at radius 3 is 1.74 bits per heavy atom. The summed E-state index contributed by atoms with van der Waals surface area (Å²) in [5.74, 6) is -0.772. The third-order valence-electron chi connectivity index (χ3n) is 3.44. The first kappa shape index (κ1) is 25.1. The van der Waals surface area contributed by atoms with Crippen LogP contribution in [0.1, 0.15) is 84.5 Å². The van der Waals surface area contributed by atoms with Gasteiger partial charge >= 0.3 is 29.6 Å². The van der Waals surface area contributed by atoms with Gasteiger partial charge in [0.2, 0.25) is 0 Å². The van der Waals surface area contributed by atoms with Gasteiger partial charge in [0.25, 0.3) is 5.97 Å². The molecule has 0 heterocycles. The van der Waals surface area contributed by atoms with Crippen LogP contribution >= 0.6 is 0 Å². The van der Waals surface area contributed by atoms with Gasteiger partial charge in [0.05, 0.1) is 13.2 Å². The Morgan fingerprint density at radius 1 is 0.739 bits per heavy atom. The molecule has 0 amide bonds. The summed E-state index contributed by atoms with van der Waals surface area (Å²) in [6.07, 6.45) is 12.5. The molecule has 0 radical (unpaired) electrons. The zero-order valence-corrected chi connectivity index (χ0v) is 17.4. The number of ether oxygens (including phenoxy) is 2. The molecule has 0 saturated carbocycles. The zero-order valence-electron chi connectivity index (χ0n) is 15.4. The molecular formula is C18H33NaO4. The standard InChI is InChI=1S/C18H33O4.Na/c1-3-5-7-9-11-15-21-17(19)13-14-18(20)22-16-12-10-8-6-4-2;/h13H,3-12,14-16H2,1-2H3;/q-1;+1. The molecule has 0 N–H and O–H groups in total. The van der Waals surface area contributed by atoms with Crippen molar-refractivity contribution in [2.75, 3.05) is 13.2 Å². The predicted molar refractivity (Wildman–Crippen MR) is 88.4 cm³/mol. The molecule has 0 aliphatic heterocycles. The third kappa shape index (κ3) is 19.8. The fourth-order valence-electron chi connectivity index (χ4n) is 2.05. The van der Waals surface area contributed by atoms with Crippen molar-refractivity contribution in [1.82, 2.24) is 0 Å². The summed E-state index contributed by atoms with van der Waals surface area (Å²) in [6.45, 7) is 5.22. The van der Waals surface area contributed by atoms with E-state index in [0.717, 1.165) is 25.7 Å². The van der Waals surface area contributed by atoms with Gasteiger partial charge in [-0.2, -0.15) is 0 Å². The topological polar surface area (TPSA) is 52.6 Å². The number of hydrogen-bond donors (Lipinski definition) is 0. The Balaban J connectivity index is 0. The van der Waals surface area contributed by atoms with E-state index < -0.39 is 5.97 Å². The SMILES string of the molecule is CCCCCCCOC(=O)[CH-]CC(=O)OCCCCCCC.[Na+]. The molecule has 0 aliphatic carbocycles. The Hall–Kier alpha value is -0.190. The normalized spacial score (nSPS) is 9.83. The van der Waals surface area contributed by atoms with Crippen molar-refractivity contribution in [3.63, 3.8) is 0 Å². The summed E-state index contributed by atoms with van der Waals surface area (Å²) in [5, 5.41) is 0. The Labute approximate surface area is 164 Å². The summed E-state index contributed by atoms with van der Waals surface area (Å²) in [4.78, 5) is 22.8. The third-order valence-corrected chi connectivity index (χ3v) is 3.44. The summed E-state index contributed by atoms with van der Waals surface area (Å²) in [7, 11) is 0. The van der Waals surface area contributed by atoms with E-state index in [4.69, 9.17) is 9.47 Å². The van der Waals surface area contributed by atoms with Crippen LogP contribution in [0.15, 0.2) is 0 Å². The largest absolute Gasteiger partial charge is 1.00 e. The number of unbranched alkanes of at least 4 members (excludes halogenated alkanes) is 8. The van der Waals surface area contributed by atoms with Crippen LogP contribution in [0, 0.1) is 6.42 Å². The molecule has 4 nitrogen and oxygen atoms in total. The fourth-order valence-corrected chi connectivity index (χ4v) is 2.05. The smallest absolute Gasteiger partial charge is 0.488 e. The minimum Gasteiger partial charge on any atom is -0.488 e. The first-order valence-electron chi connectivity index (χ1n) is 8.86. The van der Waals surface area contributed by atoms with Crippen molar-refractivity contribution in [1.29, 1.82) is 0 Å². The van der Waals surface area contributed by atoms with Crippen molar-refractivity contribution >= 4 is 11.9 Å². The average Bonchev–Trinajstić information content (AvgIpc) is 2.52. The monoisotopic (exact) mass is 336 g/mol. The molecule has 0 spiro atoms. The summed E-state index contributed by atoms with van der Waals surface area (Å²) in [5.41, 5.74) is 0. The van der Waals surface area contributed by atoms with Gasteiger partial charge in [-0.25, -0.2) is 0 Å². The second-order valence-electron chi connectivity index (χ2n) is 5.62. The summed E-state index contributed by atoms with van der Waals surface area (Å²) in [6, 6.07) is 0. The van der Waals surface area contributed by atoms with Gasteiger partial charge in [0, 0.05) is 0 Å². The second-order valence-corrected chi connectivity index (χ2v) is 5.62. The van der Waals surface area contributed by atoms with Gasteiger partial charge < -0.3 is 9.47 Å². The van der Waals surface area contributed by atoms with E-state index in [1.165, 1.54) is 44.9 Å². The van der Waals surface area contributed by atoms with Crippen LogP contribution in [-0.2, 0) is 19.1 Å². The number of rotatable bonds is 15. The molecule has 0 fully saturated rings. The molecule has 0 rings (SSSR count). The predicted octanol–water partition coefficient (Wildman–Crippen LogP) is 1.61. The van der Waals surface area contributed by atoms with Crippen molar-refractivity contribution in [2.24, 2.45) is 0 Å². The average molecular weight is 336 g/mol. The molecule has 130 valence electrons. The molecule has 0 aliphatic rings. The minimum atomic E-state index is -0.421. The number of esters is 2. The second kappa shape index (κ2) is 19.9. The maximum atomic E-state index is 11.4. The number of hydrogen-bond acceptors (Lipinski definition) is 4. The molecule has 0 aromatic rings. The van der Waals surface area contributed by atoms with E-state index in [2.05, 4.69) is 13.8 Å². The zero-order chi connectivity index (χ0) is 16.5. The van der Waals surface area contributed by atoms with Crippen LogP contribution in [0.4, 0.5) is 0 Å². The van der Waals surface area contributed by atoms with Gasteiger partial charge in [0.15, 0.2) is 5.97 Å². The number of carbonyl (C=O) groups excluding carboxylic acids is 2. The van der Waals surface area contributed by atoms with E-state index in [0.29, 0.717) is 13.2 Å². The molecule has 0 unspecified atom stereocenters. The quantitative estimate of drug-likeness (QED) is 0.197. The molecule has 0 atom stereocenters. The molecule has 0 saturated heterocycles. The number of carbonyl (C=O) groups is 2. The summed E-state index contributed by atoms with van der Waals surface area (Å²) >= 11 is 0. The van der Waals surface area contributed by atoms with E-state index in [-0.39, 0.29) is 41.9 Å². The Morgan fingerprint density at radius 2 is 1.22 bits per heavy atom. The minimum absolute atomic E-state index is 0. The van der Waals surface area contributed by atoms with Crippen LogP contribution in [0.5, 0.6) is 0 Å². The molecule has 0 aromatic carbocycles. The van der Waals surface area contributed by atoms with Crippen LogP contribution < -0.4 is 29.6 Å². The first-order chi connectivity index (χ1) is 10.7. The summed E-state index contributed by atoms with van der Waals surface area (Å²) < 4.78 is 10.1. The van der Waals surface area contributed by atoms with Crippen molar-refractivity contribution in [3.8, 4) is 0 Å². The maximum Gasteiger partial charge on any atom is 1.00 e. The van der Waals surface area contributed by atoms with Gasteiger partial charge in [-0.05, 0) is 12.8 Å². The van der Waals surface area contributed by atoms with Gasteiger partial charge in [-0.15, -0.1) is 0 Å². The fraction of sp³-hybridized carbons (Fsp3) is 0.833. The van der Waals surface area contributed by atoms with E-state index in [1.807, 2.05) is 0 Å². The van der Waals surface area contributed by atoms with E-state index in [1.54, 1.807) is 0 Å². The molecule has 0 aromatic heterocycles. The van der Waals surface area contributed by atoms with Crippen molar-refractivity contribution in [3.05, 3.63) is 6.42 Å². The van der Waals surface area contributed by atoms with Crippen LogP contribution in [0.2, 0.25) is 0 Å². The van der Waals surface area contributed by atoms with Crippen LogP contribution in [0.3, 0.4) is 0 Å². The molecule has 0 bridgehead atoms. The maximum absolute atomic E-state index is 11.4. The van der Waals surface area contributed by atoms with Crippen molar-refractivity contribution in [2.45, 2.75) is 84.5 Å². The first-order valence-corrected chi connectivity index (χ1v) is 8.86. The van der Waals surface area contributed by atoms with E-state index >= 15 is 0 Å². The van der Waals surface area contributed by atoms with Gasteiger partial charge in [-0.3, -0.25) is 16.0 Å². The van der Waals surface area contributed by atoms with Crippen LogP contribution in [-0.4, -0.2) is 25.2 Å². The Bertz CT molecular complexity index is 254. The molecule has 23 heavy (non-hydrogen) atoms. The van der Waals surface area contributed by atoms with Crippen LogP contribution in [0.25, 0.3) is 0 Å². The van der Waals surface area contributed by atoms with Crippen molar-refractivity contribution < 1.29 is 48.6 Å². The van der Waals surface area contributed by atoms with Gasteiger partial charge in [-0.1, -0.05) is 71.6 Å².